The Morgan fingerprint density at radius 1 is 1.00 bits per heavy atom. The number of benzene rings is 2. The van der Waals surface area contributed by atoms with Crippen molar-refractivity contribution in [3.05, 3.63) is 75.8 Å². The molecule has 216 valence electrons. The molecule has 9 nitrogen and oxygen atoms in total. The fourth-order valence-electron chi connectivity index (χ4n) is 4.58. The summed E-state index contributed by atoms with van der Waals surface area (Å²) in [5.74, 6) is -1.60. The molecular weight excluding hydrogens is 544 g/mol. The minimum atomic E-state index is -1.04. The van der Waals surface area contributed by atoms with Crippen LogP contribution >= 0.6 is 11.3 Å². The summed E-state index contributed by atoms with van der Waals surface area (Å²) in [5.41, 5.74) is 1.18. The van der Waals surface area contributed by atoms with Gasteiger partial charge in [-0.05, 0) is 44.9 Å². The van der Waals surface area contributed by atoms with E-state index in [1.54, 1.807) is 62.4 Å². The van der Waals surface area contributed by atoms with Crippen molar-refractivity contribution in [2.24, 2.45) is 0 Å². The van der Waals surface area contributed by atoms with Crippen molar-refractivity contribution in [1.82, 2.24) is 4.98 Å². The van der Waals surface area contributed by atoms with Crippen LogP contribution in [0, 0.1) is 6.92 Å². The maximum absolute atomic E-state index is 13.6. The first kappa shape index (κ1) is 29.8. The third-order valence-corrected chi connectivity index (χ3v) is 7.67. The van der Waals surface area contributed by atoms with Crippen LogP contribution in [0.4, 0.5) is 5.13 Å². The lowest BCUT2D eigenvalue weighted by atomic mass is 9.95. The maximum Gasteiger partial charge on any atom is 0.350 e. The fraction of sp³-hybridized carbons (Fsp3) is 0.355. The number of aromatic nitrogens is 1. The van der Waals surface area contributed by atoms with Gasteiger partial charge in [0.05, 0.1) is 37.1 Å². The highest BCUT2D eigenvalue weighted by Crippen LogP contribution is 2.45. The Bertz CT molecular complexity index is 1450. The molecule has 2 aromatic carbocycles. The predicted molar refractivity (Wildman–Crippen MR) is 157 cm³/mol. The monoisotopic (exact) mass is 578 g/mol. The Hall–Kier alpha value is -4.18. The molecular formula is C31H34N2O7S. The largest absolute Gasteiger partial charge is 0.507 e. The fourth-order valence-corrected chi connectivity index (χ4v) is 5.57. The number of rotatable bonds is 12. The average Bonchev–Trinajstić information content (AvgIpc) is 3.48. The van der Waals surface area contributed by atoms with Crippen molar-refractivity contribution in [2.45, 2.75) is 53.0 Å². The number of nitrogens with zero attached hydrogens (tertiary/aromatic N) is 2. The number of aliphatic hydroxyl groups is 1. The number of thiazole rings is 1. The van der Waals surface area contributed by atoms with Gasteiger partial charge in [0.2, 0.25) is 0 Å². The molecule has 0 radical (unpaired) electrons. The molecule has 2 heterocycles. The van der Waals surface area contributed by atoms with Crippen molar-refractivity contribution in [3.8, 4) is 11.5 Å². The van der Waals surface area contributed by atoms with Crippen LogP contribution in [-0.2, 0) is 14.3 Å². The molecule has 41 heavy (non-hydrogen) atoms. The lowest BCUT2D eigenvalue weighted by Gasteiger charge is -2.24. The molecule has 1 amide bonds. The summed E-state index contributed by atoms with van der Waals surface area (Å²) in [7, 11) is 0. The van der Waals surface area contributed by atoms with E-state index in [9.17, 15) is 19.5 Å². The molecule has 0 saturated carbocycles. The minimum Gasteiger partial charge on any atom is -0.507 e. The summed E-state index contributed by atoms with van der Waals surface area (Å²) < 4.78 is 17.0. The van der Waals surface area contributed by atoms with Gasteiger partial charge in [-0.1, -0.05) is 67.5 Å². The van der Waals surface area contributed by atoms with E-state index < -0.39 is 23.7 Å². The Kier molecular flexibility index (Phi) is 9.78. The normalized spacial score (nSPS) is 16.2. The number of ketones is 1. The summed E-state index contributed by atoms with van der Waals surface area (Å²) in [6.45, 7) is 8.38. The maximum atomic E-state index is 13.6. The van der Waals surface area contributed by atoms with Crippen LogP contribution in [0.5, 0.6) is 11.5 Å². The number of aliphatic hydroxyl groups excluding tert-OH is 1. The molecule has 1 aliphatic rings. The zero-order valence-corrected chi connectivity index (χ0v) is 24.5. The van der Waals surface area contributed by atoms with Gasteiger partial charge in [0, 0.05) is 5.56 Å². The average molecular weight is 579 g/mol. The number of anilines is 1. The quantitative estimate of drug-likeness (QED) is 0.0885. The second-order valence-corrected chi connectivity index (χ2v) is 10.3. The van der Waals surface area contributed by atoms with Crippen LogP contribution in [0.2, 0.25) is 0 Å². The van der Waals surface area contributed by atoms with Gasteiger partial charge in [0.15, 0.2) is 16.6 Å². The van der Waals surface area contributed by atoms with E-state index in [-0.39, 0.29) is 27.9 Å². The van der Waals surface area contributed by atoms with E-state index in [0.29, 0.717) is 41.5 Å². The number of unbranched alkanes of at least 4 members (excludes halogenated alkanes) is 2. The SMILES string of the molecule is CCCCCOc1ccc(C2C(=C(O)c3ccccc3)C(=O)C(=O)N2c2nc(C)c(C(=O)OCC)s2)cc1OCC. The van der Waals surface area contributed by atoms with Crippen LogP contribution < -0.4 is 14.4 Å². The number of amides is 1. The van der Waals surface area contributed by atoms with Gasteiger partial charge in [0.25, 0.3) is 5.78 Å². The summed E-state index contributed by atoms with van der Waals surface area (Å²) in [5, 5.41) is 11.5. The first-order chi connectivity index (χ1) is 19.8. The molecule has 1 unspecified atom stereocenters. The molecule has 0 spiro atoms. The van der Waals surface area contributed by atoms with Crippen LogP contribution in [0.15, 0.2) is 54.1 Å². The topological polar surface area (TPSA) is 115 Å². The van der Waals surface area contributed by atoms with Crippen LogP contribution in [0.3, 0.4) is 0 Å². The molecule has 4 rings (SSSR count). The van der Waals surface area contributed by atoms with E-state index in [2.05, 4.69) is 11.9 Å². The molecule has 3 aromatic rings. The van der Waals surface area contributed by atoms with Crippen molar-refractivity contribution in [1.29, 1.82) is 0 Å². The van der Waals surface area contributed by atoms with E-state index in [0.717, 1.165) is 30.6 Å². The molecule has 1 atom stereocenters. The Morgan fingerprint density at radius 3 is 2.44 bits per heavy atom. The van der Waals surface area contributed by atoms with Crippen LogP contribution in [-0.4, -0.2) is 47.6 Å². The zero-order chi connectivity index (χ0) is 29.5. The second-order valence-electron chi connectivity index (χ2n) is 9.36. The molecule has 0 bridgehead atoms. The number of aryl methyl sites for hydroxylation is 1. The standard InChI is InChI=1S/C31H34N2O7S/c1-5-8-12-17-40-22-16-15-21(18-23(22)38-6-2)25-24(26(34)20-13-10-9-11-14-20)27(35)29(36)33(25)31-32-19(4)28(41-31)30(37)39-7-3/h9-11,13-16,18,25,34H,5-8,12,17H2,1-4H3. The van der Waals surface area contributed by atoms with Gasteiger partial charge >= 0.3 is 11.9 Å². The van der Waals surface area contributed by atoms with Crippen molar-refractivity contribution >= 4 is 39.9 Å². The number of hydrogen-bond donors (Lipinski definition) is 1. The second kappa shape index (κ2) is 13.5. The summed E-state index contributed by atoms with van der Waals surface area (Å²) in [6.07, 6.45) is 3.00. The first-order valence-electron chi connectivity index (χ1n) is 13.7. The number of carbonyl (C=O) groups excluding carboxylic acids is 3. The third-order valence-electron chi connectivity index (χ3n) is 6.53. The molecule has 1 fully saturated rings. The highest BCUT2D eigenvalue weighted by Gasteiger charge is 2.48. The van der Waals surface area contributed by atoms with E-state index in [1.807, 2.05) is 6.92 Å². The van der Waals surface area contributed by atoms with Gasteiger partial charge in [-0.3, -0.25) is 14.5 Å². The van der Waals surface area contributed by atoms with Gasteiger partial charge in [0.1, 0.15) is 10.6 Å². The number of ether oxygens (including phenoxy) is 3. The molecule has 0 aliphatic carbocycles. The van der Waals surface area contributed by atoms with Gasteiger partial charge in [-0.2, -0.15) is 0 Å². The van der Waals surface area contributed by atoms with E-state index in [1.165, 1.54) is 4.90 Å². The Morgan fingerprint density at radius 2 is 1.76 bits per heavy atom. The molecule has 1 aromatic heterocycles. The zero-order valence-electron chi connectivity index (χ0n) is 23.6. The summed E-state index contributed by atoms with van der Waals surface area (Å²) in [4.78, 5) is 45.5. The summed E-state index contributed by atoms with van der Waals surface area (Å²) in [6, 6.07) is 12.7. The van der Waals surface area contributed by atoms with Gasteiger partial charge in [-0.15, -0.1) is 0 Å². The van der Waals surface area contributed by atoms with Crippen molar-refractivity contribution in [3.63, 3.8) is 0 Å². The van der Waals surface area contributed by atoms with Crippen molar-refractivity contribution < 1.29 is 33.7 Å². The Balaban J connectivity index is 1.86. The molecule has 1 saturated heterocycles. The third kappa shape index (κ3) is 6.27. The van der Waals surface area contributed by atoms with E-state index in [4.69, 9.17) is 14.2 Å². The highest BCUT2D eigenvalue weighted by atomic mass is 32.1. The van der Waals surface area contributed by atoms with Gasteiger partial charge in [-0.25, -0.2) is 9.78 Å². The smallest absolute Gasteiger partial charge is 0.350 e. The van der Waals surface area contributed by atoms with E-state index >= 15 is 0 Å². The number of esters is 1. The molecule has 1 aliphatic heterocycles. The number of hydrogen-bond acceptors (Lipinski definition) is 9. The first-order valence-corrected chi connectivity index (χ1v) is 14.5. The van der Waals surface area contributed by atoms with Crippen molar-refractivity contribution in [2.75, 3.05) is 24.7 Å². The lowest BCUT2D eigenvalue weighted by molar-refractivity contribution is -0.132. The number of Topliss-reactive ketones (excluding diaryl/α,β-unsaturated/α-hetero) is 1. The Labute approximate surface area is 243 Å². The summed E-state index contributed by atoms with van der Waals surface area (Å²) >= 11 is 0.959. The lowest BCUT2D eigenvalue weighted by Crippen LogP contribution is -2.29. The molecule has 1 N–H and O–H groups in total. The highest BCUT2D eigenvalue weighted by molar-refractivity contribution is 7.17. The van der Waals surface area contributed by atoms with Crippen LogP contribution in [0.25, 0.3) is 5.76 Å². The van der Waals surface area contributed by atoms with Gasteiger partial charge < -0.3 is 19.3 Å². The predicted octanol–water partition coefficient (Wildman–Crippen LogP) is 6.22. The van der Waals surface area contributed by atoms with Crippen LogP contribution in [0.1, 0.15) is 72.6 Å². The molecule has 10 heteroatoms. The number of carbonyl (C=O) groups is 3. The minimum absolute atomic E-state index is 0.0919.